The Morgan fingerprint density at radius 2 is 0.776 bits per heavy atom. The molecular weight excluding hydrogens is 595 g/mol. The summed E-state index contributed by atoms with van der Waals surface area (Å²) in [5, 5.41) is 12.2. The van der Waals surface area contributed by atoms with Crippen LogP contribution in [0.15, 0.2) is 170 Å². The first-order valence-electron chi connectivity index (χ1n) is 17.0. The van der Waals surface area contributed by atoms with Crippen molar-refractivity contribution in [2.45, 2.75) is 5.92 Å². The first kappa shape index (κ1) is 26.7. The molecule has 9 aromatic carbocycles. The van der Waals surface area contributed by atoms with Gasteiger partial charge in [0.15, 0.2) is 0 Å². The molecule has 0 saturated heterocycles. The minimum Gasteiger partial charge on any atom is -0.455 e. The maximum absolute atomic E-state index is 7.30. The van der Waals surface area contributed by atoms with Crippen molar-refractivity contribution in [3.63, 3.8) is 0 Å². The van der Waals surface area contributed by atoms with Gasteiger partial charge in [-0.2, -0.15) is 0 Å². The van der Waals surface area contributed by atoms with Crippen LogP contribution in [-0.2, 0) is 0 Å². The van der Waals surface area contributed by atoms with Crippen LogP contribution in [0.25, 0.3) is 70.6 Å². The molecule has 0 atom stereocenters. The van der Waals surface area contributed by atoms with Gasteiger partial charge in [-0.05, 0) is 62.1 Å². The molecule has 0 fully saturated rings. The molecule has 2 nitrogen and oxygen atoms in total. The van der Waals surface area contributed by atoms with Crippen LogP contribution in [0.2, 0.25) is 0 Å². The first-order chi connectivity index (χ1) is 24.3. The minimum absolute atomic E-state index is 0.0746. The molecule has 1 aliphatic heterocycles. The number of ether oxygens (including phenoxy) is 1. The molecule has 11 rings (SSSR count). The van der Waals surface area contributed by atoms with E-state index in [-0.39, 0.29) is 5.92 Å². The molecule has 0 amide bonds. The van der Waals surface area contributed by atoms with E-state index in [2.05, 4.69) is 174 Å². The molecular formula is C47H29NO. The average molecular weight is 624 g/mol. The Balaban J connectivity index is 1.33. The number of fused-ring (bicyclic) bond motifs is 15. The number of hydrogen-bond donors (Lipinski definition) is 0. The summed E-state index contributed by atoms with van der Waals surface area (Å²) in [7, 11) is 0. The summed E-state index contributed by atoms with van der Waals surface area (Å²) in [4.78, 5) is 0. The second-order valence-corrected chi connectivity index (χ2v) is 13.2. The monoisotopic (exact) mass is 623 g/mol. The fourth-order valence-electron chi connectivity index (χ4n) is 8.67. The quantitative estimate of drug-likeness (QED) is 0.175. The molecule has 49 heavy (non-hydrogen) atoms. The standard InChI is InChI=1S/C47H29NO/c1-2-14-30(15-3-1)48-41-25-13-12-20-35(41)36-27-26-29(28-42(36)48)43-44-37-21-8-4-16-31(37)33-18-6-10-23-39(33)46(44)49-47-40-24-11-7-19-34(40)32-17-5-9-22-38(32)45(43)47/h1-28,43H. The van der Waals surface area contributed by atoms with E-state index in [0.717, 1.165) is 28.0 Å². The summed E-state index contributed by atoms with van der Waals surface area (Å²) in [5.74, 6) is 1.83. The van der Waals surface area contributed by atoms with Crippen LogP contribution in [0.5, 0.6) is 11.5 Å². The van der Waals surface area contributed by atoms with E-state index < -0.39 is 0 Å². The molecule has 0 bridgehead atoms. The molecule has 0 aliphatic carbocycles. The molecule has 1 aliphatic rings. The van der Waals surface area contributed by atoms with Crippen molar-refractivity contribution in [1.29, 1.82) is 0 Å². The van der Waals surface area contributed by atoms with E-state index >= 15 is 0 Å². The Morgan fingerprint density at radius 3 is 1.35 bits per heavy atom. The van der Waals surface area contributed by atoms with Crippen molar-refractivity contribution in [3.05, 3.63) is 187 Å². The van der Waals surface area contributed by atoms with E-state index in [1.165, 1.54) is 70.8 Å². The van der Waals surface area contributed by atoms with Crippen LogP contribution in [0.4, 0.5) is 0 Å². The highest BCUT2D eigenvalue weighted by molar-refractivity contribution is 6.17. The maximum Gasteiger partial charge on any atom is 0.140 e. The lowest BCUT2D eigenvalue weighted by molar-refractivity contribution is 0.467. The molecule has 0 radical (unpaired) electrons. The number of para-hydroxylation sites is 2. The van der Waals surface area contributed by atoms with E-state index in [1.807, 2.05) is 0 Å². The maximum atomic E-state index is 7.30. The molecule has 0 saturated carbocycles. The van der Waals surface area contributed by atoms with Gasteiger partial charge in [0, 0.05) is 44.3 Å². The third kappa shape index (κ3) is 3.66. The van der Waals surface area contributed by atoms with Crippen LogP contribution < -0.4 is 4.74 Å². The molecule has 0 N–H and O–H groups in total. The highest BCUT2D eigenvalue weighted by Crippen LogP contribution is 2.57. The normalized spacial score (nSPS) is 13.0. The Hall–Kier alpha value is -6.38. The molecule has 228 valence electrons. The number of benzene rings is 9. The number of rotatable bonds is 2. The van der Waals surface area contributed by atoms with Gasteiger partial charge in [0.05, 0.1) is 11.0 Å². The lowest BCUT2D eigenvalue weighted by Crippen LogP contribution is -2.14. The van der Waals surface area contributed by atoms with Gasteiger partial charge in [-0.3, -0.25) is 0 Å². The van der Waals surface area contributed by atoms with Gasteiger partial charge in [-0.1, -0.05) is 146 Å². The zero-order valence-corrected chi connectivity index (χ0v) is 26.6. The highest BCUT2D eigenvalue weighted by atomic mass is 16.5. The Morgan fingerprint density at radius 1 is 0.347 bits per heavy atom. The molecule has 10 aromatic rings. The fourth-order valence-corrected chi connectivity index (χ4v) is 8.67. The topological polar surface area (TPSA) is 14.2 Å². The van der Waals surface area contributed by atoms with Gasteiger partial charge >= 0.3 is 0 Å². The Bertz CT molecular complexity index is 2850. The SMILES string of the molecule is c1ccc(-n2c3ccccc3c3ccc(C4c5c(c6ccccc6c6ccccc56)Oc5c4c4ccccc4c4ccccc54)cc32)cc1. The van der Waals surface area contributed by atoms with Crippen molar-refractivity contribution in [2.75, 3.05) is 0 Å². The Labute approximate surface area is 283 Å². The largest absolute Gasteiger partial charge is 0.455 e. The summed E-state index contributed by atoms with van der Waals surface area (Å²) in [6.07, 6.45) is 0. The van der Waals surface area contributed by atoms with Gasteiger partial charge in [-0.15, -0.1) is 0 Å². The fraction of sp³-hybridized carbons (Fsp3) is 0.0213. The number of nitrogens with zero attached hydrogens (tertiary/aromatic N) is 1. The third-order valence-electron chi connectivity index (χ3n) is 10.7. The second-order valence-electron chi connectivity index (χ2n) is 13.2. The predicted octanol–water partition coefficient (Wildman–Crippen LogP) is 12.7. The number of hydrogen-bond acceptors (Lipinski definition) is 1. The van der Waals surface area contributed by atoms with E-state index in [4.69, 9.17) is 4.74 Å². The summed E-state index contributed by atoms with van der Waals surface area (Å²) < 4.78 is 9.72. The predicted molar refractivity (Wildman–Crippen MR) is 205 cm³/mol. The second kappa shape index (κ2) is 10.1. The smallest absolute Gasteiger partial charge is 0.140 e. The van der Waals surface area contributed by atoms with Crippen molar-refractivity contribution in [3.8, 4) is 17.2 Å². The zero-order chi connectivity index (χ0) is 32.1. The van der Waals surface area contributed by atoms with Crippen molar-refractivity contribution < 1.29 is 4.74 Å². The van der Waals surface area contributed by atoms with Crippen LogP contribution in [0, 0.1) is 0 Å². The number of aromatic nitrogens is 1. The van der Waals surface area contributed by atoms with Crippen LogP contribution in [0.3, 0.4) is 0 Å². The Kier molecular flexibility index (Phi) is 5.47. The van der Waals surface area contributed by atoms with E-state index in [0.29, 0.717) is 0 Å². The van der Waals surface area contributed by atoms with Gasteiger partial charge in [-0.25, -0.2) is 0 Å². The van der Waals surface area contributed by atoms with E-state index in [1.54, 1.807) is 0 Å². The average Bonchev–Trinajstić information content (AvgIpc) is 3.51. The summed E-state index contributed by atoms with van der Waals surface area (Å²) in [6, 6.07) is 61.8. The van der Waals surface area contributed by atoms with Crippen LogP contribution in [0.1, 0.15) is 22.6 Å². The molecule has 1 aromatic heterocycles. The van der Waals surface area contributed by atoms with Crippen molar-refractivity contribution in [1.82, 2.24) is 4.57 Å². The highest BCUT2D eigenvalue weighted by Gasteiger charge is 2.35. The molecule has 2 heteroatoms. The van der Waals surface area contributed by atoms with Crippen LogP contribution in [-0.4, -0.2) is 4.57 Å². The van der Waals surface area contributed by atoms with Gasteiger partial charge in [0.2, 0.25) is 0 Å². The van der Waals surface area contributed by atoms with Crippen molar-refractivity contribution >= 4 is 64.9 Å². The lowest BCUT2D eigenvalue weighted by Gasteiger charge is -2.33. The van der Waals surface area contributed by atoms with E-state index in [9.17, 15) is 0 Å². The lowest BCUT2D eigenvalue weighted by atomic mass is 9.76. The van der Waals surface area contributed by atoms with Crippen molar-refractivity contribution in [2.24, 2.45) is 0 Å². The van der Waals surface area contributed by atoms with Crippen LogP contribution >= 0.6 is 0 Å². The summed E-state index contributed by atoms with van der Waals surface area (Å²) in [5.41, 5.74) is 7.27. The minimum atomic E-state index is -0.0746. The van der Waals surface area contributed by atoms with Gasteiger partial charge in [0.1, 0.15) is 11.5 Å². The first-order valence-corrected chi connectivity index (χ1v) is 17.0. The summed E-state index contributed by atoms with van der Waals surface area (Å²) >= 11 is 0. The van der Waals surface area contributed by atoms with Gasteiger partial charge < -0.3 is 9.30 Å². The molecule has 0 unspecified atom stereocenters. The third-order valence-corrected chi connectivity index (χ3v) is 10.7. The summed E-state index contributed by atoms with van der Waals surface area (Å²) in [6.45, 7) is 0. The van der Waals surface area contributed by atoms with Gasteiger partial charge in [0.25, 0.3) is 0 Å². The zero-order valence-electron chi connectivity index (χ0n) is 26.6. The molecule has 0 spiro atoms. The molecule has 2 heterocycles.